The first-order valence-electron chi connectivity index (χ1n) is 6.58. The maximum atomic E-state index is 4.10. The highest BCUT2D eigenvalue weighted by Crippen LogP contribution is 2.25. The van der Waals surface area contributed by atoms with Crippen LogP contribution in [0.2, 0.25) is 0 Å². The predicted molar refractivity (Wildman–Crippen MR) is 75.8 cm³/mol. The van der Waals surface area contributed by atoms with E-state index in [0.717, 1.165) is 13.0 Å². The Morgan fingerprint density at radius 3 is 2.39 bits per heavy atom. The molecule has 0 spiro atoms. The molecule has 0 radical (unpaired) electrons. The molecule has 96 valence electrons. The monoisotopic (exact) mass is 242 g/mol. The second-order valence-electron chi connectivity index (χ2n) is 5.88. The zero-order valence-electron chi connectivity index (χ0n) is 11.8. The Morgan fingerprint density at radius 1 is 1.11 bits per heavy atom. The third-order valence-corrected chi connectivity index (χ3v) is 3.25. The molecule has 0 saturated carbocycles. The van der Waals surface area contributed by atoms with Gasteiger partial charge in [-0.15, -0.1) is 0 Å². The topological polar surface area (TPSA) is 17.8 Å². The number of hydrogen-bond donors (Lipinski definition) is 0. The van der Waals surface area contributed by atoms with Gasteiger partial charge in [0.05, 0.1) is 6.33 Å². The summed E-state index contributed by atoms with van der Waals surface area (Å²) < 4.78 is 2.11. The standard InChI is InChI=1S/C16H22N2/c1-5-13-8-14(11-18-7-6-17-12-18)10-15(9-13)16(2,3)4/h6-10,12H,5,11H2,1-4H3. The van der Waals surface area contributed by atoms with Crippen molar-refractivity contribution in [2.45, 2.75) is 46.1 Å². The van der Waals surface area contributed by atoms with Crippen LogP contribution in [0.15, 0.2) is 36.9 Å². The normalized spacial score (nSPS) is 11.8. The molecule has 0 N–H and O–H groups in total. The number of nitrogens with zero attached hydrogens (tertiary/aromatic N) is 2. The third kappa shape index (κ3) is 3.00. The van der Waals surface area contributed by atoms with Crippen LogP contribution in [0.5, 0.6) is 0 Å². The minimum Gasteiger partial charge on any atom is -0.333 e. The van der Waals surface area contributed by atoms with E-state index in [1.807, 2.05) is 18.7 Å². The van der Waals surface area contributed by atoms with Crippen LogP contribution in [0, 0.1) is 0 Å². The molecule has 0 aliphatic rings. The first-order valence-corrected chi connectivity index (χ1v) is 6.58. The number of hydrogen-bond acceptors (Lipinski definition) is 1. The summed E-state index contributed by atoms with van der Waals surface area (Å²) >= 11 is 0. The number of aryl methyl sites for hydroxylation is 1. The van der Waals surface area contributed by atoms with Crippen molar-refractivity contribution in [1.82, 2.24) is 9.55 Å². The van der Waals surface area contributed by atoms with Gasteiger partial charge in [0.2, 0.25) is 0 Å². The van der Waals surface area contributed by atoms with Crippen LogP contribution in [0.1, 0.15) is 44.4 Å². The number of aromatic nitrogens is 2. The van der Waals surface area contributed by atoms with E-state index in [1.165, 1.54) is 16.7 Å². The molecule has 0 atom stereocenters. The lowest BCUT2D eigenvalue weighted by atomic mass is 9.84. The fourth-order valence-corrected chi connectivity index (χ4v) is 2.08. The first-order chi connectivity index (χ1) is 8.49. The average Bonchev–Trinajstić information content (AvgIpc) is 2.80. The van der Waals surface area contributed by atoms with Crippen LogP contribution >= 0.6 is 0 Å². The van der Waals surface area contributed by atoms with Crippen molar-refractivity contribution in [1.29, 1.82) is 0 Å². The van der Waals surface area contributed by atoms with Gasteiger partial charge in [0, 0.05) is 18.9 Å². The van der Waals surface area contributed by atoms with Gasteiger partial charge in [0.25, 0.3) is 0 Å². The average molecular weight is 242 g/mol. The molecule has 0 aliphatic carbocycles. The van der Waals surface area contributed by atoms with E-state index in [2.05, 4.69) is 55.4 Å². The van der Waals surface area contributed by atoms with Crippen LogP contribution in [0.25, 0.3) is 0 Å². The molecule has 2 nitrogen and oxygen atoms in total. The van der Waals surface area contributed by atoms with E-state index in [1.54, 1.807) is 0 Å². The van der Waals surface area contributed by atoms with Gasteiger partial charge < -0.3 is 4.57 Å². The molecular formula is C16H22N2. The van der Waals surface area contributed by atoms with Crippen LogP contribution in [0.3, 0.4) is 0 Å². The minimum absolute atomic E-state index is 0.203. The summed E-state index contributed by atoms with van der Waals surface area (Å²) in [6, 6.07) is 6.95. The van der Waals surface area contributed by atoms with E-state index in [9.17, 15) is 0 Å². The van der Waals surface area contributed by atoms with E-state index >= 15 is 0 Å². The predicted octanol–water partition coefficient (Wildman–Crippen LogP) is 3.79. The van der Waals surface area contributed by atoms with Gasteiger partial charge in [-0.1, -0.05) is 45.9 Å². The summed E-state index contributed by atoms with van der Waals surface area (Å²) in [5, 5.41) is 0. The highest BCUT2D eigenvalue weighted by atomic mass is 15.0. The lowest BCUT2D eigenvalue weighted by Gasteiger charge is -2.21. The lowest BCUT2D eigenvalue weighted by Crippen LogP contribution is -2.12. The fourth-order valence-electron chi connectivity index (χ4n) is 2.08. The smallest absolute Gasteiger partial charge is 0.0949 e. The summed E-state index contributed by atoms with van der Waals surface area (Å²) in [4.78, 5) is 4.10. The summed E-state index contributed by atoms with van der Waals surface area (Å²) in [5.74, 6) is 0. The van der Waals surface area contributed by atoms with Crippen molar-refractivity contribution in [3.05, 3.63) is 53.6 Å². The second kappa shape index (κ2) is 4.97. The maximum absolute atomic E-state index is 4.10. The fraction of sp³-hybridized carbons (Fsp3) is 0.438. The number of benzene rings is 1. The summed E-state index contributed by atoms with van der Waals surface area (Å²) in [5.41, 5.74) is 4.39. The third-order valence-electron chi connectivity index (χ3n) is 3.25. The summed E-state index contributed by atoms with van der Waals surface area (Å²) in [6.07, 6.45) is 6.79. The van der Waals surface area contributed by atoms with Crippen LogP contribution < -0.4 is 0 Å². The molecular weight excluding hydrogens is 220 g/mol. The van der Waals surface area contributed by atoms with Crippen molar-refractivity contribution >= 4 is 0 Å². The van der Waals surface area contributed by atoms with E-state index < -0.39 is 0 Å². The van der Waals surface area contributed by atoms with Crippen molar-refractivity contribution in [2.24, 2.45) is 0 Å². The Hall–Kier alpha value is -1.57. The van der Waals surface area contributed by atoms with Crippen molar-refractivity contribution < 1.29 is 0 Å². The van der Waals surface area contributed by atoms with Crippen LogP contribution in [-0.4, -0.2) is 9.55 Å². The van der Waals surface area contributed by atoms with E-state index in [0.29, 0.717) is 0 Å². The molecule has 2 rings (SSSR count). The van der Waals surface area contributed by atoms with Gasteiger partial charge in [-0.3, -0.25) is 0 Å². The van der Waals surface area contributed by atoms with Gasteiger partial charge in [0.1, 0.15) is 0 Å². The molecule has 1 aromatic carbocycles. The second-order valence-corrected chi connectivity index (χ2v) is 5.88. The molecule has 1 heterocycles. The van der Waals surface area contributed by atoms with Gasteiger partial charge in [0.15, 0.2) is 0 Å². The van der Waals surface area contributed by atoms with Gasteiger partial charge in [-0.2, -0.15) is 0 Å². The van der Waals surface area contributed by atoms with Crippen LogP contribution in [0.4, 0.5) is 0 Å². The molecule has 0 saturated heterocycles. The van der Waals surface area contributed by atoms with Gasteiger partial charge in [-0.25, -0.2) is 4.98 Å². The number of imidazole rings is 1. The summed E-state index contributed by atoms with van der Waals surface area (Å²) in [7, 11) is 0. The first kappa shape index (κ1) is 12.9. The van der Waals surface area contributed by atoms with E-state index in [4.69, 9.17) is 0 Å². The van der Waals surface area contributed by atoms with Crippen molar-refractivity contribution in [2.75, 3.05) is 0 Å². The largest absolute Gasteiger partial charge is 0.333 e. The molecule has 0 aliphatic heterocycles. The Bertz CT molecular complexity index is 504. The Kier molecular flexibility index (Phi) is 3.55. The molecule has 2 heteroatoms. The Balaban J connectivity index is 2.35. The number of rotatable bonds is 3. The van der Waals surface area contributed by atoms with E-state index in [-0.39, 0.29) is 5.41 Å². The molecule has 0 amide bonds. The lowest BCUT2D eigenvalue weighted by molar-refractivity contribution is 0.587. The molecule has 1 aromatic heterocycles. The van der Waals surface area contributed by atoms with Crippen molar-refractivity contribution in [3.63, 3.8) is 0 Å². The highest BCUT2D eigenvalue weighted by Gasteiger charge is 2.15. The quantitative estimate of drug-likeness (QED) is 0.800. The zero-order chi connectivity index (χ0) is 13.2. The molecule has 2 aromatic rings. The maximum Gasteiger partial charge on any atom is 0.0949 e. The highest BCUT2D eigenvalue weighted by molar-refractivity contribution is 5.34. The molecule has 18 heavy (non-hydrogen) atoms. The molecule has 0 fully saturated rings. The minimum atomic E-state index is 0.203. The molecule has 0 bridgehead atoms. The summed E-state index contributed by atoms with van der Waals surface area (Å²) in [6.45, 7) is 9.91. The van der Waals surface area contributed by atoms with Crippen molar-refractivity contribution in [3.8, 4) is 0 Å². The Morgan fingerprint density at radius 2 is 1.83 bits per heavy atom. The Labute approximate surface area is 110 Å². The van der Waals surface area contributed by atoms with Gasteiger partial charge in [-0.05, 0) is 28.5 Å². The zero-order valence-corrected chi connectivity index (χ0v) is 11.8. The van der Waals surface area contributed by atoms with Crippen LogP contribution in [-0.2, 0) is 18.4 Å². The molecule has 0 unspecified atom stereocenters. The van der Waals surface area contributed by atoms with Gasteiger partial charge >= 0.3 is 0 Å². The SMILES string of the molecule is CCc1cc(Cn2ccnc2)cc(C(C)(C)C)c1.